The number of hydrogen-bond acceptors (Lipinski definition) is 6. The van der Waals surface area contributed by atoms with Crippen molar-refractivity contribution in [3.8, 4) is 17.2 Å². The molecular weight excluding hydrogens is 435 g/mol. The Labute approximate surface area is 178 Å². The van der Waals surface area contributed by atoms with Crippen molar-refractivity contribution in [3.05, 3.63) is 48.5 Å². The van der Waals surface area contributed by atoms with E-state index >= 15 is 0 Å². The molecule has 2 N–H and O–H groups in total. The second-order valence-corrected chi connectivity index (χ2v) is 6.94. The first-order valence-electron chi connectivity index (χ1n) is 9.22. The second kappa shape index (κ2) is 7.55. The molecule has 5 amide bonds. The first-order valence-corrected chi connectivity index (χ1v) is 9.22. The van der Waals surface area contributed by atoms with Crippen molar-refractivity contribution in [2.75, 3.05) is 4.90 Å². The third-order valence-electron chi connectivity index (χ3n) is 4.93. The minimum atomic E-state index is -4.80. The molecule has 1 spiro atoms. The van der Waals surface area contributed by atoms with E-state index in [9.17, 15) is 32.3 Å². The van der Waals surface area contributed by atoms with E-state index in [2.05, 4.69) is 4.74 Å². The van der Waals surface area contributed by atoms with Gasteiger partial charge in [-0.1, -0.05) is 0 Å². The number of imide groups is 2. The molecule has 2 aliphatic rings. The predicted molar refractivity (Wildman–Crippen MR) is 101 cm³/mol. The molecule has 0 atom stereocenters. The van der Waals surface area contributed by atoms with Crippen molar-refractivity contribution in [1.82, 2.24) is 10.6 Å². The lowest BCUT2D eigenvalue weighted by Gasteiger charge is -2.37. The Balaban J connectivity index is 1.53. The summed E-state index contributed by atoms with van der Waals surface area (Å²) in [6.07, 6.45) is -4.97. The van der Waals surface area contributed by atoms with Crippen LogP contribution < -0.4 is 25.0 Å². The Kier molecular flexibility index (Phi) is 4.99. The Hall–Kier alpha value is -4.09. The second-order valence-electron chi connectivity index (χ2n) is 6.94. The minimum absolute atomic E-state index is 0.0698. The van der Waals surface area contributed by atoms with Crippen molar-refractivity contribution in [2.24, 2.45) is 0 Å². The Bertz CT molecular complexity index is 1080. The van der Waals surface area contributed by atoms with Gasteiger partial charge in [0.05, 0.1) is 0 Å². The monoisotopic (exact) mass is 449 g/mol. The Morgan fingerprint density at radius 3 is 1.84 bits per heavy atom. The number of carbonyl (C=O) groups excluding carboxylic acids is 4. The maximum absolute atomic E-state index is 12.5. The molecule has 0 saturated carbocycles. The summed E-state index contributed by atoms with van der Waals surface area (Å²) in [5.41, 5.74) is -1.64. The maximum Gasteiger partial charge on any atom is 0.573 e. The van der Waals surface area contributed by atoms with E-state index in [1.165, 1.54) is 36.4 Å². The quantitative estimate of drug-likeness (QED) is 0.694. The summed E-state index contributed by atoms with van der Waals surface area (Å²) in [4.78, 5) is 49.9. The van der Waals surface area contributed by atoms with Gasteiger partial charge in [0.15, 0.2) is 0 Å². The lowest BCUT2D eigenvalue weighted by molar-refractivity contribution is -0.274. The van der Waals surface area contributed by atoms with Gasteiger partial charge in [-0.2, -0.15) is 0 Å². The number of alkyl halides is 3. The van der Waals surface area contributed by atoms with Crippen molar-refractivity contribution < 1.29 is 41.8 Å². The summed E-state index contributed by atoms with van der Waals surface area (Å²) < 4.78 is 46.0. The van der Waals surface area contributed by atoms with Crippen LogP contribution in [0.3, 0.4) is 0 Å². The molecule has 0 aromatic heterocycles. The molecule has 2 fully saturated rings. The number of barbiturate groups is 1. The highest BCUT2D eigenvalue weighted by atomic mass is 19.4. The lowest BCUT2D eigenvalue weighted by atomic mass is 9.91. The van der Waals surface area contributed by atoms with E-state index in [0.717, 1.165) is 17.0 Å². The average Bonchev–Trinajstić information content (AvgIpc) is 3.06. The SMILES string of the molecule is O=C1NC(=O)C2(CCC(=O)N2c2ccc(Oc3ccc(OC(F)(F)F)cc3)cc2)C(=O)N1. The van der Waals surface area contributed by atoms with Gasteiger partial charge in [-0.25, -0.2) is 4.79 Å². The molecule has 2 aliphatic heterocycles. The van der Waals surface area contributed by atoms with Crippen LogP contribution in [0.25, 0.3) is 0 Å². The zero-order valence-electron chi connectivity index (χ0n) is 16.1. The molecule has 0 aliphatic carbocycles. The molecule has 12 heteroatoms. The molecule has 9 nitrogen and oxygen atoms in total. The Morgan fingerprint density at radius 1 is 0.812 bits per heavy atom. The van der Waals surface area contributed by atoms with Gasteiger partial charge in [0.1, 0.15) is 17.2 Å². The number of carbonyl (C=O) groups is 4. The van der Waals surface area contributed by atoms with Gasteiger partial charge in [0, 0.05) is 12.1 Å². The third kappa shape index (κ3) is 3.82. The zero-order chi connectivity index (χ0) is 23.1. The smallest absolute Gasteiger partial charge is 0.457 e. The van der Waals surface area contributed by atoms with Gasteiger partial charge >= 0.3 is 12.4 Å². The molecule has 2 aromatic rings. The molecule has 2 heterocycles. The standard InChI is InChI=1S/C20H14F3N3O6/c21-20(22,23)32-14-7-5-13(6-8-14)31-12-3-1-11(2-4-12)26-15(27)9-10-19(26)16(28)24-18(30)25-17(19)29/h1-8H,9-10H2,(H2,24,25,28,29,30). The van der Waals surface area contributed by atoms with Crippen molar-refractivity contribution in [2.45, 2.75) is 24.7 Å². The number of anilines is 1. The number of rotatable bonds is 4. The summed E-state index contributed by atoms with van der Waals surface area (Å²) in [7, 11) is 0. The fourth-order valence-electron chi connectivity index (χ4n) is 3.57. The van der Waals surface area contributed by atoms with E-state index in [1.54, 1.807) is 0 Å². The highest BCUT2D eigenvalue weighted by Crippen LogP contribution is 2.38. The highest BCUT2D eigenvalue weighted by Gasteiger charge is 2.60. The van der Waals surface area contributed by atoms with Crippen LogP contribution in [0.1, 0.15) is 12.8 Å². The number of ether oxygens (including phenoxy) is 2. The van der Waals surface area contributed by atoms with Crippen LogP contribution in [0.15, 0.2) is 48.5 Å². The molecule has 4 rings (SSSR count). The first kappa shape index (κ1) is 21.2. The molecule has 2 saturated heterocycles. The number of nitrogens with zero attached hydrogens (tertiary/aromatic N) is 1. The van der Waals surface area contributed by atoms with Crippen LogP contribution in [0.5, 0.6) is 17.2 Å². The number of benzene rings is 2. The topological polar surface area (TPSA) is 114 Å². The molecular formula is C20H14F3N3O6. The fraction of sp³-hybridized carbons (Fsp3) is 0.200. The van der Waals surface area contributed by atoms with Crippen LogP contribution in [0.2, 0.25) is 0 Å². The minimum Gasteiger partial charge on any atom is -0.457 e. The predicted octanol–water partition coefficient (Wildman–Crippen LogP) is 2.61. The van der Waals surface area contributed by atoms with Crippen LogP contribution in [0.4, 0.5) is 23.7 Å². The van der Waals surface area contributed by atoms with Gasteiger partial charge < -0.3 is 9.47 Å². The average molecular weight is 449 g/mol. The fourth-order valence-corrected chi connectivity index (χ4v) is 3.57. The maximum atomic E-state index is 12.5. The van der Waals surface area contributed by atoms with Crippen LogP contribution >= 0.6 is 0 Å². The molecule has 166 valence electrons. The number of amides is 5. The number of nitrogens with one attached hydrogen (secondary N) is 2. The van der Waals surface area contributed by atoms with Crippen LogP contribution in [0, 0.1) is 0 Å². The molecule has 0 unspecified atom stereocenters. The van der Waals surface area contributed by atoms with Gasteiger partial charge in [-0.3, -0.25) is 29.9 Å². The van der Waals surface area contributed by atoms with E-state index in [4.69, 9.17) is 4.74 Å². The van der Waals surface area contributed by atoms with E-state index in [1.807, 2.05) is 10.6 Å². The Morgan fingerprint density at radius 2 is 1.31 bits per heavy atom. The lowest BCUT2D eigenvalue weighted by Crippen LogP contribution is -2.72. The highest BCUT2D eigenvalue weighted by molar-refractivity contribution is 6.28. The summed E-state index contributed by atoms with van der Waals surface area (Å²) in [6.45, 7) is 0. The number of hydrogen-bond donors (Lipinski definition) is 2. The largest absolute Gasteiger partial charge is 0.573 e. The normalized spacial score (nSPS) is 17.9. The first-order chi connectivity index (χ1) is 15.1. The van der Waals surface area contributed by atoms with Gasteiger partial charge in [0.2, 0.25) is 11.4 Å². The summed E-state index contributed by atoms with van der Waals surface area (Å²) >= 11 is 0. The van der Waals surface area contributed by atoms with Gasteiger partial charge in [0.25, 0.3) is 11.8 Å². The molecule has 2 aromatic carbocycles. The van der Waals surface area contributed by atoms with Gasteiger partial charge in [-0.05, 0) is 55.0 Å². The summed E-state index contributed by atoms with van der Waals surface area (Å²) in [5.74, 6) is -2.14. The van der Waals surface area contributed by atoms with Gasteiger partial charge in [-0.15, -0.1) is 13.2 Å². The zero-order valence-corrected chi connectivity index (χ0v) is 16.1. The van der Waals surface area contributed by atoms with Crippen molar-refractivity contribution in [3.63, 3.8) is 0 Å². The number of urea groups is 1. The third-order valence-corrected chi connectivity index (χ3v) is 4.93. The number of halogens is 3. The van der Waals surface area contributed by atoms with E-state index < -0.39 is 41.4 Å². The summed E-state index contributed by atoms with van der Waals surface area (Å²) in [5, 5.41) is 4.03. The summed E-state index contributed by atoms with van der Waals surface area (Å²) in [6, 6.07) is 9.58. The molecule has 0 radical (unpaired) electrons. The van der Waals surface area contributed by atoms with Crippen LogP contribution in [-0.4, -0.2) is 35.7 Å². The van der Waals surface area contributed by atoms with Crippen molar-refractivity contribution >= 4 is 29.4 Å². The van der Waals surface area contributed by atoms with Crippen LogP contribution in [-0.2, 0) is 14.4 Å². The van der Waals surface area contributed by atoms with E-state index in [-0.39, 0.29) is 30.0 Å². The molecule has 0 bridgehead atoms. The van der Waals surface area contributed by atoms with E-state index in [0.29, 0.717) is 0 Å². The van der Waals surface area contributed by atoms with Crippen molar-refractivity contribution in [1.29, 1.82) is 0 Å². The molecule has 32 heavy (non-hydrogen) atoms.